The highest BCUT2D eigenvalue weighted by Gasteiger charge is 2.29. The largest absolute Gasteiger partial charge is 0.493 e. The number of hydrogen-bond donors (Lipinski definition) is 2. The molecule has 5 rings (SSSR count). The summed E-state index contributed by atoms with van der Waals surface area (Å²) in [4.78, 5) is 25.5. The number of ether oxygens (including phenoxy) is 2. The molecule has 0 spiro atoms. The van der Waals surface area contributed by atoms with E-state index in [1.54, 1.807) is 35.0 Å². The molecule has 10 nitrogen and oxygen atoms in total. The van der Waals surface area contributed by atoms with Crippen molar-refractivity contribution in [2.24, 2.45) is 0 Å². The highest BCUT2D eigenvalue weighted by atomic mass is 16.5. The Morgan fingerprint density at radius 3 is 2.30 bits per heavy atom. The van der Waals surface area contributed by atoms with Crippen LogP contribution in [-0.4, -0.2) is 46.1 Å². The van der Waals surface area contributed by atoms with Gasteiger partial charge in [-0.25, -0.2) is 9.48 Å². The fourth-order valence-electron chi connectivity index (χ4n) is 4.64. The third kappa shape index (κ3) is 4.66. The Hall–Kier alpha value is -5.38. The zero-order chi connectivity index (χ0) is 28.4. The van der Waals surface area contributed by atoms with Crippen LogP contribution in [0.2, 0.25) is 0 Å². The second kappa shape index (κ2) is 10.8. The Morgan fingerprint density at radius 2 is 1.60 bits per heavy atom. The Morgan fingerprint density at radius 1 is 0.900 bits per heavy atom. The van der Waals surface area contributed by atoms with Gasteiger partial charge in [0.1, 0.15) is 5.69 Å². The van der Waals surface area contributed by atoms with E-state index in [2.05, 4.69) is 10.5 Å². The van der Waals surface area contributed by atoms with Crippen LogP contribution in [0.4, 0.5) is 5.88 Å². The lowest BCUT2D eigenvalue weighted by atomic mass is 9.95. The van der Waals surface area contributed by atoms with Crippen molar-refractivity contribution >= 4 is 17.8 Å². The first-order valence-electron chi connectivity index (χ1n) is 12.3. The lowest BCUT2D eigenvalue weighted by molar-refractivity contribution is 0.0697. The van der Waals surface area contributed by atoms with E-state index in [1.165, 1.54) is 26.4 Å². The number of anilines is 1. The third-order valence-electron chi connectivity index (χ3n) is 6.52. The van der Waals surface area contributed by atoms with Crippen LogP contribution >= 0.6 is 0 Å². The van der Waals surface area contributed by atoms with Crippen molar-refractivity contribution in [2.45, 2.75) is 13.8 Å². The average molecular weight is 539 g/mol. The molecule has 3 aromatic carbocycles. The summed E-state index contributed by atoms with van der Waals surface area (Å²) in [6.07, 6.45) is 0. The Labute approximate surface area is 229 Å². The molecule has 10 heteroatoms. The van der Waals surface area contributed by atoms with Crippen molar-refractivity contribution in [3.8, 4) is 39.6 Å². The van der Waals surface area contributed by atoms with Crippen molar-refractivity contribution in [1.82, 2.24) is 14.9 Å². The van der Waals surface area contributed by atoms with Gasteiger partial charge in [-0.05, 0) is 50.2 Å². The van der Waals surface area contributed by atoms with Crippen LogP contribution in [0, 0.1) is 13.8 Å². The number of para-hydroxylation sites is 1. The molecule has 0 radical (unpaired) electrons. The summed E-state index contributed by atoms with van der Waals surface area (Å²) in [6, 6.07) is 20.8. The van der Waals surface area contributed by atoms with Gasteiger partial charge in [-0.1, -0.05) is 41.6 Å². The highest BCUT2D eigenvalue weighted by molar-refractivity contribution is 6.08. The molecule has 0 aliphatic heterocycles. The molecular weight excluding hydrogens is 512 g/mol. The molecule has 0 saturated heterocycles. The number of carboxylic acid groups (broad SMARTS) is 1. The van der Waals surface area contributed by atoms with Crippen molar-refractivity contribution in [2.75, 3.05) is 19.5 Å². The number of hydrogen-bond acceptors (Lipinski definition) is 7. The smallest absolute Gasteiger partial charge is 0.336 e. The van der Waals surface area contributed by atoms with Gasteiger partial charge in [-0.2, -0.15) is 5.10 Å². The molecule has 0 aliphatic rings. The number of methoxy groups -OCH3 is 2. The van der Waals surface area contributed by atoms with Gasteiger partial charge < -0.3 is 19.1 Å². The van der Waals surface area contributed by atoms with E-state index in [4.69, 9.17) is 19.1 Å². The topological polar surface area (TPSA) is 129 Å². The van der Waals surface area contributed by atoms with Gasteiger partial charge in [0, 0.05) is 16.7 Å². The first-order chi connectivity index (χ1) is 19.3. The molecule has 2 aromatic heterocycles. The van der Waals surface area contributed by atoms with E-state index >= 15 is 0 Å². The SMILES string of the molecule is COc1ccc(C(=O)Nc2onc(-c3c(C)nn(-c4ccccc4)c3C)c2-c2ccccc2C(=O)O)cc1OC. The Kier molecular flexibility index (Phi) is 7.07. The van der Waals surface area contributed by atoms with Gasteiger partial charge in [-0.3, -0.25) is 10.1 Å². The zero-order valence-electron chi connectivity index (χ0n) is 22.3. The van der Waals surface area contributed by atoms with E-state index in [0.717, 1.165) is 11.4 Å². The summed E-state index contributed by atoms with van der Waals surface area (Å²) in [5, 5.41) is 21.8. The first kappa shape index (κ1) is 26.2. The molecule has 0 fully saturated rings. The van der Waals surface area contributed by atoms with Crippen molar-refractivity contribution in [3.63, 3.8) is 0 Å². The molecule has 0 saturated carbocycles. The van der Waals surface area contributed by atoms with Crippen molar-refractivity contribution in [3.05, 3.63) is 95.3 Å². The fourth-order valence-corrected chi connectivity index (χ4v) is 4.64. The summed E-state index contributed by atoms with van der Waals surface area (Å²) in [5.74, 6) is -0.794. The minimum Gasteiger partial charge on any atom is -0.493 e. The number of rotatable bonds is 8. The van der Waals surface area contributed by atoms with E-state index in [0.29, 0.717) is 39.6 Å². The maximum absolute atomic E-state index is 13.3. The molecule has 1 amide bonds. The summed E-state index contributed by atoms with van der Waals surface area (Å²) in [5.41, 5.74) is 4.25. The Bertz CT molecular complexity index is 1720. The maximum Gasteiger partial charge on any atom is 0.336 e. The minimum absolute atomic E-state index is 0.00486. The number of carboxylic acids is 1. The van der Waals surface area contributed by atoms with Gasteiger partial charge in [0.25, 0.3) is 5.91 Å². The predicted molar refractivity (Wildman–Crippen MR) is 148 cm³/mol. The summed E-state index contributed by atoms with van der Waals surface area (Å²) < 4.78 is 18.1. The van der Waals surface area contributed by atoms with Crippen LogP contribution in [0.1, 0.15) is 32.1 Å². The molecule has 202 valence electrons. The van der Waals surface area contributed by atoms with E-state index in [-0.39, 0.29) is 17.0 Å². The van der Waals surface area contributed by atoms with Gasteiger partial charge in [0.05, 0.1) is 42.4 Å². The summed E-state index contributed by atoms with van der Waals surface area (Å²) in [7, 11) is 2.98. The van der Waals surface area contributed by atoms with Crippen molar-refractivity contribution < 1.29 is 28.7 Å². The van der Waals surface area contributed by atoms with Gasteiger partial charge >= 0.3 is 5.97 Å². The van der Waals surface area contributed by atoms with Crippen LogP contribution in [0.5, 0.6) is 11.5 Å². The molecule has 40 heavy (non-hydrogen) atoms. The monoisotopic (exact) mass is 538 g/mol. The molecular formula is C30H26N4O6. The number of carbonyl (C=O) groups is 2. The lowest BCUT2D eigenvalue weighted by Crippen LogP contribution is -2.12. The third-order valence-corrected chi connectivity index (χ3v) is 6.52. The lowest BCUT2D eigenvalue weighted by Gasteiger charge is -2.11. The molecule has 2 heterocycles. The quantitative estimate of drug-likeness (QED) is 0.254. The molecule has 5 aromatic rings. The van der Waals surface area contributed by atoms with Crippen LogP contribution in [0.15, 0.2) is 77.3 Å². The van der Waals surface area contributed by atoms with Crippen LogP contribution in [0.3, 0.4) is 0 Å². The van der Waals surface area contributed by atoms with Gasteiger partial charge in [0.15, 0.2) is 11.5 Å². The highest BCUT2D eigenvalue weighted by Crippen LogP contribution is 2.42. The number of amides is 1. The number of aromatic carboxylic acids is 1. The van der Waals surface area contributed by atoms with E-state index in [9.17, 15) is 14.7 Å². The molecule has 0 unspecified atom stereocenters. The van der Waals surface area contributed by atoms with Crippen molar-refractivity contribution in [1.29, 1.82) is 0 Å². The predicted octanol–water partition coefficient (Wildman–Crippen LogP) is 5.78. The molecule has 0 atom stereocenters. The first-order valence-corrected chi connectivity index (χ1v) is 12.3. The molecule has 0 bridgehead atoms. The van der Waals surface area contributed by atoms with Crippen LogP contribution < -0.4 is 14.8 Å². The van der Waals surface area contributed by atoms with Crippen LogP contribution in [0.25, 0.3) is 28.1 Å². The molecule has 0 aliphatic carbocycles. The number of carbonyl (C=O) groups excluding carboxylic acids is 1. The number of aromatic nitrogens is 3. The van der Waals surface area contributed by atoms with Gasteiger partial charge in [0.2, 0.25) is 5.88 Å². The minimum atomic E-state index is -1.13. The standard InChI is InChI=1S/C30H26N4O6/c1-17-25(18(2)34(32-17)20-10-6-5-7-11-20)27-26(21-12-8-9-13-22(21)30(36)37)29(40-33-27)31-28(35)19-14-15-23(38-3)24(16-19)39-4/h5-16H,1-4H3,(H,31,35)(H,36,37). The van der Waals surface area contributed by atoms with E-state index < -0.39 is 11.9 Å². The normalized spacial score (nSPS) is 10.8. The number of aryl methyl sites for hydroxylation is 1. The summed E-state index contributed by atoms with van der Waals surface area (Å²) >= 11 is 0. The number of nitrogens with one attached hydrogen (secondary N) is 1. The van der Waals surface area contributed by atoms with Crippen LogP contribution in [-0.2, 0) is 0 Å². The average Bonchev–Trinajstić information content (AvgIpc) is 3.51. The van der Waals surface area contributed by atoms with Gasteiger partial charge in [-0.15, -0.1) is 0 Å². The fraction of sp³-hybridized carbons (Fsp3) is 0.133. The second-order valence-corrected chi connectivity index (χ2v) is 8.90. The number of nitrogens with zero attached hydrogens (tertiary/aromatic N) is 3. The van der Waals surface area contributed by atoms with E-state index in [1.807, 2.05) is 44.2 Å². The molecule has 2 N–H and O–H groups in total. The Balaban J connectivity index is 1.66. The summed E-state index contributed by atoms with van der Waals surface area (Å²) in [6.45, 7) is 3.73. The zero-order valence-corrected chi connectivity index (χ0v) is 22.3. The number of benzene rings is 3. The maximum atomic E-state index is 13.3. The second-order valence-electron chi connectivity index (χ2n) is 8.90.